The number of nitrogens with zero attached hydrogens (tertiary/aromatic N) is 2. The van der Waals surface area contributed by atoms with Gasteiger partial charge in [0, 0.05) is 11.6 Å². The second-order valence-electron chi connectivity index (χ2n) is 3.41. The Balaban J connectivity index is 3.32. The minimum Gasteiger partial charge on any atom is -0.476 e. The number of nitrogens with two attached hydrogens (primary N) is 1. The van der Waals surface area contributed by atoms with Crippen molar-refractivity contribution in [3.63, 3.8) is 0 Å². The first-order valence-corrected chi connectivity index (χ1v) is 4.59. The molecule has 0 saturated carbocycles. The zero-order valence-electron chi connectivity index (χ0n) is 8.61. The largest absolute Gasteiger partial charge is 0.476 e. The normalized spacial score (nSPS) is 10.9. The molecule has 1 aromatic rings. The Kier molecular flexibility index (Phi) is 2.78. The highest BCUT2D eigenvalue weighted by Gasteiger charge is 2.20. The van der Waals surface area contributed by atoms with Gasteiger partial charge < -0.3 is 10.8 Å². The fourth-order valence-corrected chi connectivity index (χ4v) is 1.40. The third-order valence-electron chi connectivity index (χ3n) is 2.09. The number of rotatable bonds is 3. The predicted molar refractivity (Wildman–Crippen MR) is 53.4 cm³/mol. The summed E-state index contributed by atoms with van der Waals surface area (Å²) >= 11 is 0. The second-order valence-corrected chi connectivity index (χ2v) is 3.41. The number of hydrogen-bond donors (Lipinski definition) is 2. The monoisotopic (exact) mass is 197 g/mol. The van der Waals surface area contributed by atoms with Crippen LogP contribution in [0.25, 0.3) is 0 Å². The van der Waals surface area contributed by atoms with E-state index in [9.17, 15) is 4.79 Å². The first-order valence-electron chi connectivity index (χ1n) is 4.59. The molecular weight excluding hydrogens is 182 g/mol. The number of carboxylic acids is 1. The summed E-state index contributed by atoms with van der Waals surface area (Å²) in [7, 11) is 0. The number of aromatic nitrogens is 2. The number of nitrogen functional groups attached to an aromatic ring is 1. The summed E-state index contributed by atoms with van der Waals surface area (Å²) < 4.78 is 1.54. The minimum atomic E-state index is -1.02. The van der Waals surface area contributed by atoms with Crippen LogP contribution in [0.2, 0.25) is 0 Å². The lowest BCUT2D eigenvalue weighted by Crippen LogP contribution is -2.08. The van der Waals surface area contributed by atoms with Crippen LogP contribution in [0, 0.1) is 0 Å². The molecule has 0 bridgehead atoms. The molecule has 0 amide bonds. The Morgan fingerprint density at radius 1 is 1.64 bits per heavy atom. The maximum Gasteiger partial charge on any atom is 0.356 e. The molecule has 78 valence electrons. The first kappa shape index (κ1) is 10.6. The smallest absolute Gasteiger partial charge is 0.356 e. The van der Waals surface area contributed by atoms with Crippen molar-refractivity contribution in [3.8, 4) is 0 Å². The molecule has 0 atom stereocenters. The topological polar surface area (TPSA) is 81.1 Å². The van der Waals surface area contributed by atoms with Crippen molar-refractivity contribution in [3.05, 3.63) is 11.3 Å². The molecule has 0 radical (unpaired) electrons. The third kappa shape index (κ3) is 1.57. The van der Waals surface area contributed by atoms with E-state index in [1.165, 1.54) is 0 Å². The van der Waals surface area contributed by atoms with E-state index >= 15 is 0 Å². The highest BCUT2D eigenvalue weighted by Crippen LogP contribution is 2.21. The highest BCUT2D eigenvalue weighted by molar-refractivity contribution is 5.88. The van der Waals surface area contributed by atoms with Crippen molar-refractivity contribution >= 4 is 11.8 Å². The van der Waals surface area contributed by atoms with Crippen LogP contribution in [0.3, 0.4) is 0 Å². The van der Waals surface area contributed by atoms with Crippen molar-refractivity contribution in [2.24, 2.45) is 0 Å². The zero-order valence-corrected chi connectivity index (χ0v) is 8.61. The van der Waals surface area contributed by atoms with Crippen molar-refractivity contribution in [1.82, 2.24) is 9.78 Å². The summed E-state index contributed by atoms with van der Waals surface area (Å²) in [6.45, 7) is 5.69. The van der Waals surface area contributed by atoms with Crippen LogP contribution in [0.4, 0.5) is 5.82 Å². The van der Waals surface area contributed by atoms with Gasteiger partial charge in [-0.05, 0) is 20.3 Å². The molecular formula is C9H15N3O2. The van der Waals surface area contributed by atoms with E-state index in [2.05, 4.69) is 5.10 Å². The average Bonchev–Trinajstić information content (AvgIpc) is 2.42. The summed E-state index contributed by atoms with van der Waals surface area (Å²) in [4.78, 5) is 10.8. The van der Waals surface area contributed by atoms with Crippen LogP contribution in [-0.4, -0.2) is 20.9 Å². The lowest BCUT2D eigenvalue weighted by molar-refractivity contribution is 0.0688. The summed E-state index contributed by atoms with van der Waals surface area (Å²) in [6, 6.07) is 0.0772. The van der Waals surface area contributed by atoms with Gasteiger partial charge >= 0.3 is 5.97 Å². The average molecular weight is 197 g/mol. The van der Waals surface area contributed by atoms with Crippen molar-refractivity contribution in [2.45, 2.75) is 33.2 Å². The van der Waals surface area contributed by atoms with Gasteiger partial charge in [0.1, 0.15) is 5.82 Å². The number of anilines is 1. The number of aromatic carboxylic acids is 1. The zero-order chi connectivity index (χ0) is 10.9. The molecule has 0 aliphatic carbocycles. The van der Waals surface area contributed by atoms with Crippen molar-refractivity contribution < 1.29 is 9.90 Å². The van der Waals surface area contributed by atoms with Gasteiger partial charge in [-0.1, -0.05) is 6.92 Å². The summed E-state index contributed by atoms with van der Waals surface area (Å²) in [5.41, 5.74) is 6.48. The van der Waals surface area contributed by atoms with Gasteiger partial charge in [-0.3, -0.25) is 0 Å². The van der Waals surface area contributed by atoms with E-state index in [1.54, 1.807) is 4.68 Å². The highest BCUT2D eigenvalue weighted by atomic mass is 16.4. The van der Waals surface area contributed by atoms with Gasteiger partial charge in [0.05, 0.1) is 0 Å². The number of carboxylic acid groups (broad SMARTS) is 1. The SMILES string of the molecule is CCc1c(C(=O)O)nn(C(C)C)c1N. The number of carbonyl (C=O) groups is 1. The van der Waals surface area contributed by atoms with E-state index in [-0.39, 0.29) is 11.7 Å². The maximum absolute atomic E-state index is 10.8. The van der Waals surface area contributed by atoms with Gasteiger partial charge in [-0.2, -0.15) is 5.10 Å². The van der Waals surface area contributed by atoms with E-state index in [0.717, 1.165) is 0 Å². The maximum atomic E-state index is 10.8. The van der Waals surface area contributed by atoms with Gasteiger partial charge in [-0.25, -0.2) is 9.48 Å². The fourth-order valence-electron chi connectivity index (χ4n) is 1.40. The van der Waals surface area contributed by atoms with Crippen LogP contribution in [0.15, 0.2) is 0 Å². The van der Waals surface area contributed by atoms with Crippen LogP contribution in [0.5, 0.6) is 0 Å². The molecule has 0 saturated heterocycles. The summed E-state index contributed by atoms with van der Waals surface area (Å²) in [6.07, 6.45) is 0.584. The molecule has 1 rings (SSSR count). The molecule has 3 N–H and O–H groups in total. The summed E-state index contributed by atoms with van der Waals surface area (Å²) in [5.74, 6) is -0.562. The predicted octanol–water partition coefficient (Wildman–Crippen LogP) is 1.31. The molecule has 0 aliphatic rings. The van der Waals surface area contributed by atoms with Gasteiger partial charge in [-0.15, -0.1) is 0 Å². The van der Waals surface area contributed by atoms with Crippen molar-refractivity contribution in [1.29, 1.82) is 0 Å². The van der Waals surface area contributed by atoms with Crippen LogP contribution in [0.1, 0.15) is 42.9 Å². The molecule has 1 heterocycles. The molecule has 0 fully saturated rings. The lowest BCUT2D eigenvalue weighted by Gasteiger charge is -2.07. The molecule has 0 unspecified atom stereocenters. The van der Waals surface area contributed by atoms with Gasteiger partial charge in [0.25, 0.3) is 0 Å². The van der Waals surface area contributed by atoms with E-state index in [1.807, 2.05) is 20.8 Å². The quantitative estimate of drug-likeness (QED) is 0.765. The second kappa shape index (κ2) is 3.69. The Labute approximate surface area is 82.5 Å². The Hall–Kier alpha value is -1.52. The van der Waals surface area contributed by atoms with Crippen LogP contribution in [-0.2, 0) is 6.42 Å². The molecule has 1 aromatic heterocycles. The molecule has 14 heavy (non-hydrogen) atoms. The van der Waals surface area contributed by atoms with E-state index in [4.69, 9.17) is 10.8 Å². The minimum absolute atomic E-state index is 0.0682. The molecule has 5 heteroatoms. The van der Waals surface area contributed by atoms with E-state index < -0.39 is 5.97 Å². The van der Waals surface area contributed by atoms with Crippen LogP contribution < -0.4 is 5.73 Å². The van der Waals surface area contributed by atoms with E-state index in [0.29, 0.717) is 17.8 Å². The lowest BCUT2D eigenvalue weighted by atomic mass is 10.2. The Bertz CT molecular complexity index is 355. The third-order valence-corrected chi connectivity index (χ3v) is 2.09. The molecule has 0 spiro atoms. The number of hydrogen-bond acceptors (Lipinski definition) is 3. The van der Waals surface area contributed by atoms with Crippen molar-refractivity contribution in [2.75, 3.05) is 5.73 Å². The Morgan fingerprint density at radius 2 is 2.21 bits per heavy atom. The van der Waals surface area contributed by atoms with Crippen LogP contribution >= 0.6 is 0 Å². The molecule has 5 nitrogen and oxygen atoms in total. The summed E-state index contributed by atoms with van der Waals surface area (Å²) in [5, 5.41) is 12.9. The Morgan fingerprint density at radius 3 is 2.50 bits per heavy atom. The van der Waals surface area contributed by atoms with Gasteiger partial charge in [0.15, 0.2) is 5.69 Å². The molecule has 0 aromatic carbocycles. The fraction of sp³-hybridized carbons (Fsp3) is 0.556. The molecule has 0 aliphatic heterocycles. The first-order chi connectivity index (χ1) is 6.49. The standard InChI is InChI=1S/C9H15N3O2/c1-4-6-7(9(13)14)11-12(5(2)3)8(6)10/h5H,4,10H2,1-3H3,(H,13,14). The van der Waals surface area contributed by atoms with Gasteiger partial charge in [0.2, 0.25) is 0 Å².